The number of nitrogens with zero attached hydrogens (tertiary/aromatic N) is 1. The van der Waals surface area contributed by atoms with Crippen molar-refractivity contribution in [2.24, 2.45) is 16.3 Å². The SMILES string of the molecule is CCCC(C1=CCN=C1)C(C)(C)C. The van der Waals surface area contributed by atoms with Crippen molar-refractivity contribution in [2.75, 3.05) is 6.54 Å². The Morgan fingerprint density at radius 1 is 1.46 bits per heavy atom. The molecule has 1 nitrogen and oxygen atoms in total. The van der Waals surface area contributed by atoms with Crippen LogP contribution >= 0.6 is 0 Å². The van der Waals surface area contributed by atoms with Crippen molar-refractivity contribution < 1.29 is 0 Å². The summed E-state index contributed by atoms with van der Waals surface area (Å²) in [5.41, 5.74) is 1.83. The van der Waals surface area contributed by atoms with Crippen LogP contribution in [0.3, 0.4) is 0 Å². The smallest absolute Gasteiger partial charge is 0.0576 e. The van der Waals surface area contributed by atoms with E-state index >= 15 is 0 Å². The zero-order chi connectivity index (χ0) is 9.90. The second-order valence-corrected chi connectivity index (χ2v) is 4.91. The topological polar surface area (TPSA) is 12.4 Å². The zero-order valence-electron chi connectivity index (χ0n) is 9.30. The predicted octanol–water partition coefficient (Wildman–Crippen LogP) is 3.46. The van der Waals surface area contributed by atoms with Gasteiger partial charge < -0.3 is 0 Å². The molecule has 0 N–H and O–H groups in total. The fraction of sp³-hybridized carbons (Fsp3) is 0.750. The highest BCUT2D eigenvalue weighted by molar-refractivity contribution is 5.81. The van der Waals surface area contributed by atoms with E-state index < -0.39 is 0 Å². The zero-order valence-corrected chi connectivity index (χ0v) is 9.30. The fourth-order valence-corrected chi connectivity index (χ4v) is 1.99. The van der Waals surface area contributed by atoms with E-state index in [-0.39, 0.29) is 0 Å². The first-order chi connectivity index (χ1) is 6.05. The van der Waals surface area contributed by atoms with Crippen molar-refractivity contribution in [2.45, 2.75) is 40.5 Å². The van der Waals surface area contributed by atoms with Crippen molar-refractivity contribution in [3.63, 3.8) is 0 Å². The lowest BCUT2D eigenvalue weighted by Crippen LogP contribution is -2.22. The van der Waals surface area contributed by atoms with E-state index in [9.17, 15) is 0 Å². The van der Waals surface area contributed by atoms with Crippen LogP contribution in [0.15, 0.2) is 16.6 Å². The lowest BCUT2D eigenvalue weighted by molar-refractivity contribution is 0.270. The molecule has 1 heterocycles. The van der Waals surface area contributed by atoms with E-state index in [1.165, 1.54) is 18.4 Å². The number of hydrogen-bond acceptors (Lipinski definition) is 1. The first kappa shape index (κ1) is 10.5. The molecule has 0 radical (unpaired) electrons. The van der Waals surface area contributed by atoms with Gasteiger partial charge in [0.05, 0.1) is 6.54 Å². The summed E-state index contributed by atoms with van der Waals surface area (Å²) in [5, 5.41) is 0. The van der Waals surface area contributed by atoms with Gasteiger partial charge in [0, 0.05) is 6.21 Å². The van der Waals surface area contributed by atoms with Crippen molar-refractivity contribution in [1.29, 1.82) is 0 Å². The van der Waals surface area contributed by atoms with Gasteiger partial charge in [-0.2, -0.15) is 0 Å². The second-order valence-electron chi connectivity index (χ2n) is 4.91. The Morgan fingerprint density at radius 2 is 2.15 bits per heavy atom. The first-order valence-corrected chi connectivity index (χ1v) is 5.25. The summed E-state index contributed by atoms with van der Waals surface area (Å²) in [6.45, 7) is 10.1. The van der Waals surface area contributed by atoms with Crippen LogP contribution in [0.4, 0.5) is 0 Å². The maximum atomic E-state index is 4.26. The highest BCUT2D eigenvalue weighted by Gasteiger charge is 2.26. The maximum Gasteiger partial charge on any atom is 0.0576 e. The van der Waals surface area contributed by atoms with Gasteiger partial charge in [-0.15, -0.1) is 0 Å². The van der Waals surface area contributed by atoms with Gasteiger partial charge in [-0.1, -0.05) is 40.2 Å². The first-order valence-electron chi connectivity index (χ1n) is 5.25. The molecule has 0 aromatic carbocycles. The number of aliphatic imine (C=N–C) groups is 1. The summed E-state index contributed by atoms with van der Waals surface area (Å²) >= 11 is 0. The van der Waals surface area contributed by atoms with Gasteiger partial charge in [-0.25, -0.2) is 0 Å². The Kier molecular flexibility index (Phi) is 3.29. The third-order valence-electron chi connectivity index (χ3n) is 2.70. The predicted molar refractivity (Wildman–Crippen MR) is 59.3 cm³/mol. The fourth-order valence-electron chi connectivity index (χ4n) is 1.99. The number of rotatable bonds is 3. The molecule has 13 heavy (non-hydrogen) atoms. The molecule has 1 atom stereocenters. The average Bonchev–Trinajstić information content (AvgIpc) is 2.49. The van der Waals surface area contributed by atoms with Crippen LogP contribution in [-0.2, 0) is 0 Å². The number of allylic oxidation sites excluding steroid dienone is 1. The normalized spacial score (nSPS) is 18.9. The maximum absolute atomic E-state index is 4.26. The molecule has 1 rings (SSSR count). The highest BCUT2D eigenvalue weighted by Crippen LogP contribution is 2.35. The van der Waals surface area contributed by atoms with Gasteiger partial charge in [0.15, 0.2) is 0 Å². The van der Waals surface area contributed by atoms with Crippen LogP contribution in [0, 0.1) is 11.3 Å². The molecule has 0 saturated heterocycles. The Bertz CT molecular complexity index is 218. The Labute approximate surface area is 82.0 Å². The summed E-state index contributed by atoms with van der Waals surface area (Å²) in [4.78, 5) is 4.26. The second kappa shape index (κ2) is 4.08. The van der Waals surface area contributed by atoms with Gasteiger partial charge in [-0.05, 0) is 23.3 Å². The quantitative estimate of drug-likeness (QED) is 0.629. The van der Waals surface area contributed by atoms with Crippen molar-refractivity contribution in [1.82, 2.24) is 0 Å². The van der Waals surface area contributed by atoms with Crippen molar-refractivity contribution in [3.8, 4) is 0 Å². The summed E-state index contributed by atoms with van der Waals surface area (Å²) in [6.07, 6.45) is 6.87. The van der Waals surface area contributed by atoms with Gasteiger partial charge in [-0.3, -0.25) is 4.99 Å². The molecule has 0 aliphatic carbocycles. The van der Waals surface area contributed by atoms with Gasteiger partial charge in [0.2, 0.25) is 0 Å². The van der Waals surface area contributed by atoms with Crippen molar-refractivity contribution >= 4 is 6.21 Å². The van der Waals surface area contributed by atoms with E-state index in [0.29, 0.717) is 11.3 Å². The third-order valence-corrected chi connectivity index (χ3v) is 2.70. The van der Waals surface area contributed by atoms with Crippen LogP contribution in [0.2, 0.25) is 0 Å². The van der Waals surface area contributed by atoms with Crippen LogP contribution in [-0.4, -0.2) is 12.8 Å². The molecule has 1 heteroatoms. The average molecular weight is 179 g/mol. The molecule has 0 amide bonds. The van der Waals surface area contributed by atoms with Crippen LogP contribution in [0.25, 0.3) is 0 Å². The number of hydrogen-bond donors (Lipinski definition) is 0. The molecule has 0 saturated carbocycles. The lowest BCUT2D eigenvalue weighted by Gasteiger charge is -2.30. The summed E-state index contributed by atoms with van der Waals surface area (Å²) in [7, 11) is 0. The lowest BCUT2D eigenvalue weighted by atomic mass is 9.74. The molecule has 0 bridgehead atoms. The molecule has 0 spiro atoms. The van der Waals surface area contributed by atoms with Crippen LogP contribution in [0.5, 0.6) is 0 Å². The minimum atomic E-state index is 0.373. The van der Waals surface area contributed by atoms with E-state index in [4.69, 9.17) is 0 Å². The van der Waals surface area contributed by atoms with E-state index in [1.54, 1.807) is 0 Å². The molecule has 0 aromatic rings. The van der Waals surface area contributed by atoms with E-state index in [2.05, 4.69) is 45.0 Å². The molecule has 1 aliphatic rings. The largest absolute Gasteiger partial charge is 0.289 e. The standard InChI is InChI=1S/C12H21N/c1-5-6-11(12(2,3)4)10-7-8-13-9-10/h7,9,11H,5-6,8H2,1-4H3. The minimum Gasteiger partial charge on any atom is -0.289 e. The third kappa shape index (κ3) is 2.68. The molecule has 74 valence electrons. The molecular formula is C12H21N. The molecule has 0 aromatic heterocycles. The molecular weight excluding hydrogens is 158 g/mol. The van der Waals surface area contributed by atoms with Gasteiger partial charge in [0.25, 0.3) is 0 Å². The highest BCUT2D eigenvalue weighted by atomic mass is 14.7. The Hall–Kier alpha value is -0.590. The summed E-state index contributed by atoms with van der Waals surface area (Å²) in [5.74, 6) is 0.684. The van der Waals surface area contributed by atoms with E-state index in [1.807, 2.05) is 0 Å². The molecule has 0 fully saturated rings. The summed E-state index contributed by atoms with van der Waals surface area (Å²) in [6, 6.07) is 0. The molecule has 1 aliphatic heterocycles. The Balaban J connectivity index is 2.73. The van der Waals surface area contributed by atoms with Gasteiger partial charge >= 0.3 is 0 Å². The van der Waals surface area contributed by atoms with E-state index in [0.717, 1.165) is 6.54 Å². The summed E-state index contributed by atoms with van der Waals surface area (Å²) < 4.78 is 0. The monoisotopic (exact) mass is 179 g/mol. The van der Waals surface area contributed by atoms with Crippen LogP contribution in [0.1, 0.15) is 40.5 Å². The van der Waals surface area contributed by atoms with Crippen LogP contribution < -0.4 is 0 Å². The Morgan fingerprint density at radius 3 is 2.54 bits per heavy atom. The van der Waals surface area contributed by atoms with Crippen molar-refractivity contribution in [3.05, 3.63) is 11.6 Å². The van der Waals surface area contributed by atoms with Gasteiger partial charge in [0.1, 0.15) is 0 Å². The minimum absolute atomic E-state index is 0.373. The molecule has 1 unspecified atom stereocenters.